The summed E-state index contributed by atoms with van der Waals surface area (Å²) in [6.07, 6.45) is 7.35. The molecule has 0 heterocycles. The molecule has 0 amide bonds. The lowest BCUT2D eigenvalue weighted by molar-refractivity contribution is 0.411. The minimum atomic E-state index is 0.286. The third-order valence-electron chi connectivity index (χ3n) is 3.50. The number of methoxy groups -OCH3 is 1. The van der Waals surface area contributed by atoms with E-state index in [2.05, 4.69) is 31.2 Å². The molecule has 0 saturated heterocycles. The zero-order chi connectivity index (χ0) is 17.9. The van der Waals surface area contributed by atoms with Gasteiger partial charge in [-0.25, -0.2) is 0 Å². The third-order valence-corrected chi connectivity index (χ3v) is 3.50. The van der Waals surface area contributed by atoms with E-state index < -0.39 is 0 Å². The third kappa shape index (κ3) is 5.62. The molecular formula is C22H28O2. The molecule has 0 fully saturated rings. The number of hydrogen-bond donors (Lipinski definition) is 1. The summed E-state index contributed by atoms with van der Waals surface area (Å²) in [6.45, 7) is 8.16. The highest BCUT2D eigenvalue weighted by atomic mass is 16.5. The molecule has 2 aromatic rings. The average molecular weight is 324 g/mol. The van der Waals surface area contributed by atoms with E-state index in [1.807, 2.05) is 45.0 Å². The van der Waals surface area contributed by atoms with E-state index >= 15 is 0 Å². The van der Waals surface area contributed by atoms with Crippen LogP contribution in [0.3, 0.4) is 0 Å². The maximum atomic E-state index is 9.41. The van der Waals surface area contributed by atoms with E-state index in [-0.39, 0.29) is 5.75 Å². The maximum Gasteiger partial charge on any atom is 0.121 e. The Morgan fingerprint density at radius 3 is 2.29 bits per heavy atom. The molecule has 1 N–H and O–H groups in total. The lowest BCUT2D eigenvalue weighted by atomic mass is 10.0. The van der Waals surface area contributed by atoms with Gasteiger partial charge in [-0.15, -0.1) is 0 Å². The molecule has 24 heavy (non-hydrogen) atoms. The lowest BCUT2D eigenvalue weighted by Gasteiger charge is -2.06. The predicted octanol–water partition coefficient (Wildman–Crippen LogP) is 6.24. The Labute approximate surface area is 146 Å². The molecule has 0 aliphatic heterocycles. The molecule has 0 radical (unpaired) electrons. The number of ether oxygens (including phenoxy) is 1. The van der Waals surface area contributed by atoms with Crippen LogP contribution in [0.1, 0.15) is 43.9 Å². The Morgan fingerprint density at radius 2 is 1.75 bits per heavy atom. The Balaban J connectivity index is 0.00000139. The highest BCUT2D eigenvalue weighted by Gasteiger charge is 2.00. The quantitative estimate of drug-likeness (QED) is 0.659. The molecule has 0 aliphatic rings. The van der Waals surface area contributed by atoms with Gasteiger partial charge in [0, 0.05) is 0 Å². The van der Waals surface area contributed by atoms with E-state index in [4.69, 9.17) is 4.74 Å². The van der Waals surface area contributed by atoms with Crippen molar-refractivity contribution >= 4 is 11.6 Å². The molecule has 2 rings (SSSR count). The largest absolute Gasteiger partial charge is 0.508 e. The van der Waals surface area contributed by atoms with Gasteiger partial charge in [-0.2, -0.15) is 0 Å². The van der Waals surface area contributed by atoms with E-state index in [9.17, 15) is 5.11 Å². The van der Waals surface area contributed by atoms with Gasteiger partial charge < -0.3 is 9.84 Å². The monoisotopic (exact) mass is 324 g/mol. The van der Waals surface area contributed by atoms with Crippen molar-refractivity contribution in [2.45, 2.75) is 34.1 Å². The molecule has 0 saturated carbocycles. The predicted molar refractivity (Wildman–Crippen MR) is 104 cm³/mol. The fourth-order valence-corrected chi connectivity index (χ4v) is 2.35. The van der Waals surface area contributed by atoms with Crippen LogP contribution in [0.5, 0.6) is 11.5 Å². The summed E-state index contributed by atoms with van der Waals surface area (Å²) in [4.78, 5) is 0. The number of rotatable bonds is 5. The van der Waals surface area contributed by atoms with Gasteiger partial charge in [-0.1, -0.05) is 57.2 Å². The second-order valence-electron chi connectivity index (χ2n) is 5.18. The van der Waals surface area contributed by atoms with Gasteiger partial charge in [-0.05, 0) is 59.9 Å². The first-order valence-corrected chi connectivity index (χ1v) is 8.46. The van der Waals surface area contributed by atoms with Gasteiger partial charge >= 0.3 is 0 Å². The van der Waals surface area contributed by atoms with Crippen LogP contribution in [0.15, 0.2) is 54.6 Å². The Kier molecular flexibility index (Phi) is 8.42. The zero-order valence-corrected chi connectivity index (χ0v) is 15.3. The highest BCUT2D eigenvalue weighted by Crippen LogP contribution is 2.23. The van der Waals surface area contributed by atoms with Crippen molar-refractivity contribution in [3.8, 4) is 11.5 Å². The molecule has 2 aromatic carbocycles. The summed E-state index contributed by atoms with van der Waals surface area (Å²) in [6, 6.07) is 13.4. The summed E-state index contributed by atoms with van der Waals surface area (Å²) in [5, 5.41) is 9.41. The van der Waals surface area contributed by atoms with Crippen LogP contribution >= 0.6 is 0 Å². The first-order valence-electron chi connectivity index (χ1n) is 8.46. The van der Waals surface area contributed by atoms with E-state index in [0.717, 1.165) is 34.4 Å². The van der Waals surface area contributed by atoms with Crippen molar-refractivity contribution < 1.29 is 9.84 Å². The molecule has 0 aromatic heterocycles. The van der Waals surface area contributed by atoms with Crippen LogP contribution in [0.25, 0.3) is 11.6 Å². The number of phenols is 1. The molecule has 128 valence electrons. The molecule has 0 aliphatic carbocycles. The number of benzene rings is 2. The normalized spacial score (nSPS) is 11.1. The molecule has 0 unspecified atom stereocenters. The van der Waals surface area contributed by atoms with Crippen molar-refractivity contribution in [2.75, 3.05) is 7.11 Å². The highest BCUT2D eigenvalue weighted by molar-refractivity contribution is 5.79. The standard InChI is InChI=1S/C20H22O2.C2H6/c1-4-5-17(18-9-11-19(21)12-10-18)8-6-16-7-13-20(22-3)15(2)14-16;1-2/h5-14,21H,4H2,1-3H3;1-2H3/b8-6+,17-5+;. The van der Waals surface area contributed by atoms with Crippen LogP contribution < -0.4 is 4.74 Å². The lowest BCUT2D eigenvalue weighted by Crippen LogP contribution is -1.87. The van der Waals surface area contributed by atoms with E-state index in [0.29, 0.717) is 0 Å². The molecule has 0 atom stereocenters. The number of hydrogen-bond acceptors (Lipinski definition) is 2. The minimum absolute atomic E-state index is 0.286. The average Bonchev–Trinajstić information content (AvgIpc) is 2.61. The summed E-state index contributed by atoms with van der Waals surface area (Å²) in [7, 11) is 1.69. The number of allylic oxidation sites excluding steroid dienone is 3. The summed E-state index contributed by atoms with van der Waals surface area (Å²) in [5.74, 6) is 1.19. The van der Waals surface area contributed by atoms with Crippen LogP contribution in [-0.2, 0) is 0 Å². The first-order chi connectivity index (χ1) is 11.6. The number of aromatic hydroxyl groups is 1. The smallest absolute Gasteiger partial charge is 0.121 e. The maximum absolute atomic E-state index is 9.41. The summed E-state index contributed by atoms with van der Waals surface area (Å²) < 4.78 is 5.29. The van der Waals surface area contributed by atoms with Crippen molar-refractivity contribution in [3.05, 3.63) is 71.3 Å². The van der Waals surface area contributed by atoms with Crippen molar-refractivity contribution in [3.63, 3.8) is 0 Å². The van der Waals surface area contributed by atoms with Gasteiger partial charge in [0.2, 0.25) is 0 Å². The van der Waals surface area contributed by atoms with Crippen LogP contribution in [0.4, 0.5) is 0 Å². The summed E-state index contributed by atoms with van der Waals surface area (Å²) >= 11 is 0. The number of phenolic OH excluding ortho intramolecular Hbond substituents is 1. The van der Waals surface area contributed by atoms with Crippen molar-refractivity contribution in [1.82, 2.24) is 0 Å². The van der Waals surface area contributed by atoms with Gasteiger partial charge in [0.05, 0.1) is 7.11 Å². The molecule has 0 bridgehead atoms. The molecule has 2 heteroatoms. The second kappa shape index (κ2) is 10.3. The van der Waals surface area contributed by atoms with Gasteiger partial charge in [0.1, 0.15) is 11.5 Å². The van der Waals surface area contributed by atoms with Crippen molar-refractivity contribution in [2.24, 2.45) is 0 Å². The molecule has 0 spiro atoms. The van der Waals surface area contributed by atoms with Crippen LogP contribution in [0.2, 0.25) is 0 Å². The Bertz CT molecular complexity index is 680. The fourth-order valence-electron chi connectivity index (χ4n) is 2.35. The number of aryl methyl sites for hydroxylation is 1. The van der Waals surface area contributed by atoms with Crippen LogP contribution in [0, 0.1) is 6.92 Å². The molecule has 2 nitrogen and oxygen atoms in total. The summed E-state index contributed by atoms with van der Waals surface area (Å²) in [5.41, 5.74) is 4.51. The van der Waals surface area contributed by atoms with Gasteiger partial charge in [0.25, 0.3) is 0 Å². The van der Waals surface area contributed by atoms with Gasteiger partial charge in [-0.3, -0.25) is 0 Å². The SMILES string of the molecule is CC.CC/C=C(\C=C\c1ccc(OC)c(C)c1)c1ccc(O)cc1. The Hall–Kier alpha value is -2.48. The fraction of sp³-hybridized carbons (Fsp3) is 0.273. The Morgan fingerprint density at radius 1 is 1.08 bits per heavy atom. The van der Waals surface area contributed by atoms with Gasteiger partial charge in [0.15, 0.2) is 0 Å². The zero-order valence-electron chi connectivity index (χ0n) is 15.3. The second-order valence-corrected chi connectivity index (χ2v) is 5.18. The minimum Gasteiger partial charge on any atom is -0.508 e. The first kappa shape index (κ1) is 19.6. The topological polar surface area (TPSA) is 29.5 Å². The van der Waals surface area contributed by atoms with E-state index in [1.54, 1.807) is 19.2 Å². The van der Waals surface area contributed by atoms with Crippen LogP contribution in [-0.4, -0.2) is 12.2 Å². The van der Waals surface area contributed by atoms with E-state index in [1.165, 1.54) is 0 Å². The van der Waals surface area contributed by atoms with Crippen molar-refractivity contribution in [1.29, 1.82) is 0 Å². The molecular weight excluding hydrogens is 296 g/mol.